The molecule has 3 aromatic carbocycles. The van der Waals surface area contributed by atoms with Crippen LogP contribution in [-0.2, 0) is 0 Å². The van der Waals surface area contributed by atoms with E-state index in [1.54, 1.807) is 6.07 Å². The first-order chi connectivity index (χ1) is 12.7. The molecule has 26 heavy (non-hydrogen) atoms. The van der Waals surface area contributed by atoms with Crippen molar-refractivity contribution in [1.82, 2.24) is 9.97 Å². The number of anilines is 1. The van der Waals surface area contributed by atoms with E-state index in [2.05, 4.69) is 22.6 Å². The number of thiol groups is 1. The van der Waals surface area contributed by atoms with Gasteiger partial charge in [0.05, 0.1) is 5.69 Å². The maximum absolute atomic E-state index is 5.88. The highest BCUT2D eigenvalue weighted by Gasteiger charge is 2.06. The normalized spacial score (nSPS) is 9.88. The molecule has 0 atom stereocenters. The minimum Gasteiger partial charge on any atom is -0.384 e. The predicted molar refractivity (Wildman–Crippen MR) is 111 cm³/mol. The predicted octanol–water partition coefficient (Wildman–Crippen LogP) is 5.37. The summed E-state index contributed by atoms with van der Waals surface area (Å²) in [5.41, 5.74) is 8.72. The number of hydrogen-bond acceptors (Lipinski definition) is 4. The number of hydrogen-bond donors (Lipinski definition) is 2. The van der Waals surface area contributed by atoms with Crippen molar-refractivity contribution < 1.29 is 0 Å². The number of rotatable bonds is 2. The molecule has 0 aliphatic heterocycles. The SMILES string of the molecule is Nc1cc(-c2ccccc2)nc(-c2ccccc2)n1.Sc1ccccc1. The Morgan fingerprint density at radius 2 is 1.12 bits per heavy atom. The van der Waals surface area contributed by atoms with E-state index in [-0.39, 0.29) is 0 Å². The Labute approximate surface area is 159 Å². The Morgan fingerprint density at radius 3 is 1.62 bits per heavy atom. The zero-order valence-corrected chi connectivity index (χ0v) is 15.1. The summed E-state index contributed by atoms with van der Waals surface area (Å²) in [6.07, 6.45) is 0. The van der Waals surface area contributed by atoms with Crippen LogP contribution in [0, 0.1) is 0 Å². The molecule has 0 aliphatic rings. The molecule has 0 radical (unpaired) electrons. The van der Waals surface area contributed by atoms with Crippen molar-refractivity contribution in [2.75, 3.05) is 5.73 Å². The van der Waals surface area contributed by atoms with Crippen LogP contribution in [0.2, 0.25) is 0 Å². The van der Waals surface area contributed by atoms with Gasteiger partial charge in [0.15, 0.2) is 5.82 Å². The fourth-order valence-electron chi connectivity index (χ4n) is 2.37. The zero-order valence-electron chi connectivity index (χ0n) is 14.2. The van der Waals surface area contributed by atoms with Gasteiger partial charge in [-0.1, -0.05) is 78.9 Å². The molecule has 4 rings (SSSR count). The van der Waals surface area contributed by atoms with Gasteiger partial charge in [0.25, 0.3) is 0 Å². The molecular weight excluding hydrogens is 338 g/mol. The van der Waals surface area contributed by atoms with Crippen LogP contribution in [-0.4, -0.2) is 9.97 Å². The summed E-state index contributed by atoms with van der Waals surface area (Å²) >= 11 is 4.08. The smallest absolute Gasteiger partial charge is 0.162 e. The second-order valence-electron chi connectivity index (χ2n) is 5.57. The van der Waals surface area contributed by atoms with E-state index in [0.29, 0.717) is 11.6 Å². The van der Waals surface area contributed by atoms with Crippen LogP contribution in [0.15, 0.2) is 102 Å². The molecule has 4 heteroatoms. The van der Waals surface area contributed by atoms with E-state index in [1.165, 1.54) is 0 Å². The lowest BCUT2D eigenvalue weighted by atomic mass is 10.1. The molecule has 0 spiro atoms. The quantitative estimate of drug-likeness (QED) is 0.474. The molecule has 0 bridgehead atoms. The molecule has 3 nitrogen and oxygen atoms in total. The van der Waals surface area contributed by atoms with E-state index < -0.39 is 0 Å². The highest BCUT2D eigenvalue weighted by atomic mass is 32.1. The molecule has 0 aliphatic carbocycles. The molecule has 0 saturated carbocycles. The van der Waals surface area contributed by atoms with E-state index >= 15 is 0 Å². The van der Waals surface area contributed by atoms with Gasteiger partial charge < -0.3 is 5.73 Å². The molecule has 2 N–H and O–H groups in total. The summed E-state index contributed by atoms with van der Waals surface area (Å²) < 4.78 is 0. The van der Waals surface area contributed by atoms with Crippen LogP contribution >= 0.6 is 12.6 Å². The number of benzene rings is 3. The highest BCUT2D eigenvalue weighted by Crippen LogP contribution is 2.22. The van der Waals surface area contributed by atoms with E-state index in [4.69, 9.17) is 5.73 Å². The van der Waals surface area contributed by atoms with Gasteiger partial charge in [0.1, 0.15) is 5.82 Å². The van der Waals surface area contributed by atoms with Crippen LogP contribution < -0.4 is 5.73 Å². The fourth-order valence-corrected chi connectivity index (χ4v) is 2.54. The van der Waals surface area contributed by atoms with E-state index in [1.807, 2.05) is 91.0 Å². The lowest BCUT2D eigenvalue weighted by molar-refractivity contribution is 1.19. The summed E-state index contributed by atoms with van der Waals surface area (Å²) in [6.45, 7) is 0. The Bertz CT molecular complexity index is 885. The average Bonchev–Trinajstić information content (AvgIpc) is 2.70. The molecule has 1 aromatic heterocycles. The van der Waals surface area contributed by atoms with Gasteiger partial charge in [-0.3, -0.25) is 0 Å². The van der Waals surface area contributed by atoms with Crippen LogP contribution in [0.4, 0.5) is 5.82 Å². The first-order valence-electron chi connectivity index (χ1n) is 8.22. The minimum atomic E-state index is 0.479. The first-order valence-corrected chi connectivity index (χ1v) is 8.66. The van der Waals surface area contributed by atoms with Crippen molar-refractivity contribution in [3.8, 4) is 22.6 Å². The standard InChI is InChI=1S/C16H13N3.C6H6S/c17-15-11-14(12-7-3-1-4-8-12)18-16(19-15)13-9-5-2-6-10-13;7-6-4-2-1-3-5-6/h1-11H,(H2,17,18,19);1-5,7H. The van der Waals surface area contributed by atoms with Crippen molar-refractivity contribution >= 4 is 18.4 Å². The molecule has 0 saturated heterocycles. The topological polar surface area (TPSA) is 51.8 Å². The van der Waals surface area contributed by atoms with Gasteiger partial charge in [-0.15, -0.1) is 12.6 Å². The highest BCUT2D eigenvalue weighted by molar-refractivity contribution is 7.80. The second kappa shape index (κ2) is 8.83. The van der Waals surface area contributed by atoms with Crippen molar-refractivity contribution in [3.63, 3.8) is 0 Å². The van der Waals surface area contributed by atoms with Gasteiger partial charge in [0.2, 0.25) is 0 Å². The van der Waals surface area contributed by atoms with Crippen LogP contribution in [0.3, 0.4) is 0 Å². The Balaban J connectivity index is 0.000000236. The third-order valence-corrected chi connectivity index (χ3v) is 3.90. The summed E-state index contributed by atoms with van der Waals surface area (Å²) in [6, 6.07) is 31.4. The van der Waals surface area contributed by atoms with E-state index in [0.717, 1.165) is 21.7 Å². The maximum atomic E-state index is 5.88. The Morgan fingerprint density at radius 1 is 0.615 bits per heavy atom. The van der Waals surface area contributed by atoms with Crippen LogP contribution in [0.5, 0.6) is 0 Å². The third-order valence-electron chi connectivity index (χ3n) is 3.60. The molecular formula is C22H19N3S. The van der Waals surface area contributed by atoms with E-state index in [9.17, 15) is 0 Å². The van der Waals surface area contributed by atoms with Gasteiger partial charge in [-0.2, -0.15) is 0 Å². The summed E-state index contributed by atoms with van der Waals surface area (Å²) in [5.74, 6) is 1.13. The summed E-state index contributed by atoms with van der Waals surface area (Å²) in [5, 5.41) is 0. The van der Waals surface area contributed by atoms with Gasteiger partial charge >= 0.3 is 0 Å². The average molecular weight is 357 g/mol. The largest absolute Gasteiger partial charge is 0.384 e. The van der Waals surface area contributed by atoms with Crippen LogP contribution in [0.1, 0.15) is 0 Å². The van der Waals surface area contributed by atoms with Gasteiger partial charge in [-0.25, -0.2) is 9.97 Å². The number of nitrogens with zero attached hydrogens (tertiary/aromatic N) is 2. The van der Waals surface area contributed by atoms with Gasteiger partial charge in [-0.05, 0) is 12.1 Å². The van der Waals surface area contributed by atoms with Crippen molar-refractivity contribution in [2.45, 2.75) is 4.90 Å². The molecule has 0 fully saturated rings. The molecule has 0 unspecified atom stereocenters. The molecule has 128 valence electrons. The molecule has 1 heterocycles. The van der Waals surface area contributed by atoms with Crippen molar-refractivity contribution in [3.05, 3.63) is 97.1 Å². The lowest BCUT2D eigenvalue weighted by Gasteiger charge is -2.06. The third kappa shape index (κ3) is 4.94. The molecule has 4 aromatic rings. The van der Waals surface area contributed by atoms with Crippen LogP contribution in [0.25, 0.3) is 22.6 Å². The second-order valence-corrected chi connectivity index (χ2v) is 6.09. The number of aromatic nitrogens is 2. The first kappa shape index (κ1) is 17.7. The van der Waals surface area contributed by atoms with Crippen molar-refractivity contribution in [1.29, 1.82) is 0 Å². The minimum absolute atomic E-state index is 0.479. The Hall–Kier alpha value is -3.11. The lowest BCUT2D eigenvalue weighted by Crippen LogP contribution is -1.97. The van der Waals surface area contributed by atoms with Crippen molar-refractivity contribution in [2.24, 2.45) is 0 Å². The number of nitrogen functional groups attached to an aromatic ring is 1. The summed E-state index contributed by atoms with van der Waals surface area (Å²) in [4.78, 5) is 9.90. The van der Waals surface area contributed by atoms with Gasteiger partial charge in [0, 0.05) is 22.1 Å². The monoisotopic (exact) mass is 357 g/mol. The fraction of sp³-hybridized carbons (Fsp3) is 0. The zero-order chi connectivity index (χ0) is 18.2. The summed E-state index contributed by atoms with van der Waals surface area (Å²) in [7, 11) is 0. The molecule has 0 amide bonds. The Kier molecular flexibility index (Phi) is 6.01. The number of nitrogens with two attached hydrogens (primary N) is 1. The maximum Gasteiger partial charge on any atom is 0.162 e.